The van der Waals surface area contributed by atoms with E-state index in [1.165, 1.54) is 23.9 Å². The summed E-state index contributed by atoms with van der Waals surface area (Å²) in [6.07, 6.45) is 4.86. The van der Waals surface area contributed by atoms with Crippen molar-refractivity contribution in [2.24, 2.45) is 0 Å². The zero-order valence-electron chi connectivity index (χ0n) is 17.9. The minimum absolute atomic E-state index is 0.148. The monoisotopic (exact) mass is 450 g/mol. The van der Waals surface area contributed by atoms with E-state index in [1.807, 2.05) is 42.7 Å². The molecule has 0 saturated carbocycles. The highest BCUT2D eigenvalue weighted by Gasteiger charge is 2.21. The second kappa shape index (κ2) is 9.82. The van der Waals surface area contributed by atoms with Crippen molar-refractivity contribution in [1.82, 2.24) is 19.6 Å². The fourth-order valence-corrected chi connectivity index (χ4v) is 3.98. The predicted octanol–water partition coefficient (Wildman–Crippen LogP) is 5.09. The lowest BCUT2D eigenvalue weighted by atomic mass is 10.1. The summed E-state index contributed by atoms with van der Waals surface area (Å²) in [5, 5.41) is 4.80. The minimum Gasteiger partial charge on any atom is -0.361 e. The van der Waals surface area contributed by atoms with E-state index in [1.54, 1.807) is 34.8 Å². The van der Waals surface area contributed by atoms with Gasteiger partial charge >= 0.3 is 0 Å². The van der Waals surface area contributed by atoms with E-state index >= 15 is 0 Å². The summed E-state index contributed by atoms with van der Waals surface area (Å²) >= 11 is 1.43. The first-order valence-corrected chi connectivity index (χ1v) is 11.4. The van der Waals surface area contributed by atoms with Crippen LogP contribution in [0.3, 0.4) is 0 Å². The van der Waals surface area contributed by atoms with Crippen molar-refractivity contribution in [2.45, 2.75) is 18.0 Å². The molecule has 0 aliphatic heterocycles. The van der Waals surface area contributed by atoms with Crippen LogP contribution < -0.4 is 0 Å². The van der Waals surface area contributed by atoms with Crippen molar-refractivity contribution in [3.8, 4) is 16.9 Å². The summed E-state index contributed by atoms with van der Waals surface area (Å²) in [6, 6.07) is 17.8. The van der Waals surface area contributed by atoms with Crippen LogP contribution in [0.5, 0.6) is 0 Å². The molecular formula is C24H23FN4O2S. The maximum Gasteiger partial charge on any atom is 0.272 e. The van der Waals surface area contributed by atoms with Gasteiger partial charge in [0.1, 0.15) is 23.0 Å². The Hall–Kier alpha value is -3.39. The lowest BCUT2D eigenvalue weighted by Gasteiger charge is -2.18. The molecule has 0 bridgehead atoms. The number of aryl methyl sites for hydroxylation is 1. The van der Waals surface area contributed by atoms with E-state index in [2.05, 4.69) is 10.1 Å². The van der Waals surface area contributed by atoms with Crippen LogP contribution in [0.1, 0.15) is 22.7 Å². The maximum absolute atomic E-state index is 13.4. The second-order valence-corrected chi connectivity index (χ2v) is 8.09. The van der Waals surface area contributed by atoms with Gasteiger partial charge in [-0.2, -0.15) is 0 Å². The molecule has 0 N–H and O–H groups in total. The van der Waals surface area contributed by atoms with Crippen LogP contribution in [-0.4, -0.2) is 45.4 Å². The Balaban J connectivity index is 1.41. The Morgan fingerprint density at radius 1 is 1.16 bits per heavy atom. The highest BCUT2D eigenvalue weighted by Crippen LogP contribution is 2.23. The third kappa shape index (κ3) is 4.75. The fourth-order valence-electron chi connectivity index (χ4n) is 3.43. The number of nitrogens with zero attached hydrogens (tertiary/aromatic N) is 4. The summed E-state index contributed by atoms with van der Waals surface area (Å²) in [4.78, 5) is 19.1. The first kappa shape index (κ1) is 21.8. The molecule has 0 spiro atoms. The Morgan fingerprint density at radius 3 is 2.62 bits per heavy atom. The molecule has 6 nitrogen and oxygen atoms in total. The molecule has 0 radical (unpaired) electrons. The van der Waals surface area contributed by atoms with Gasteiger partial charge in [-0.1, -0.05) is 47.3 Å². The highest BCUT2D eigenvalue weighted by atomic mass is 32.2. The lowest BCUT2D eigenvalue weighted by molar-refractivity contribution is 0.0784. The summed E-state index contributed by atoms with van der Waals surface area (Å²) in [7, 11) is 1.76. The van der Waals surface area contributed by atoms with Gasteiger partial charge in [-0.25, -0.2) is 9.37 Å². The highest BCUT2D eigenvalue weighted by molar-refractivity contribution is 7.98. The summed E-state index contributed by atoms with van der Waals surface area (Å²) in [5.41, 5.74) is 2.95. The number of benzene rings is 2. The van der Waals surface area contributed by atoms with Crippen molar-refractivity contribution in [1.29, 1.82) is 0 Å². The third-order valence-electron chi connectivity index (χ3n) is 5.11. The molecule has 4 aromatic rings. The van der Waals surface area contributed by atoms with Gasteiger partial charge in [-0.3, -0.25) is 9.36 Å². The number of aromatic nitrogens is 3. The molecular weight excluding hydrogens is 427 g/mol. The van der Waals surface area contributed by atoms with E-state index in [9.17, 15) is 9.18 Å². The molecule has 0 unspecified atom stereocenters. The standard InChI is InChI=1S/C24H23FN4O2S/c1-28(14-6-9-20-15-21(27-31-20)17-7-4-3-5-8-17)23(30)22-16-26-24(32-2)29(22)19-12-10-18(25)11-13-19/h3-5,7-8,10-13,15-16H,6,9,14H2,1-2H3. The molecule has 0 aliphatic rings. The normalized spacial score (nSPS) is 11.0. The average Bonchev–Trinajstić information content (AvgIpc) is 3.47. The number of hydrogen-bond donors (Lipinski definition) is 0. The predicted molar refractivity (Wildman–Crippen MR) is 123 cm³/mol. The first-order chi connectivity index (χ1) is 15.6. The van der Waals surface area contributed by atoms with Gasteiger partial charge in [0.15, 0.2) is 5.16 Å². The van der Waals surface area contributed by atoms with Gasteiger partial charge in [0.05, 0.1) is 6.20 Å². The number of imidazole rings is 1. The summed E-state index contributed by atoms with van der Waals surface area (Å²) < 4.78 is 20.6. The van der Waals surface area contributed by atoms with E-state index in [-0.39, 0.29) is 11.7 Å². The van der Waals surface area contributed by atoms with Crippen LogP contribution in [0, 0.1) is 5.82 Å². The molecule has 164 valence electrons. The van der Waals surface area contributed by atoms with Crippen molar-refractivity contribution in [2.75, 3.05) is 19.8 Å². The maximum atomic E-state index is 13.4. The minimum atomic E-state index is -0.326. The molecule has 0 atom stereocenters. The molecule has 0 fully saturated rings. The SMILES string of the molecule is CSc1ncc(C(=O)N(C)CCCc2cc(-c3ccccc3)no2)n1-c1ccc(F)cc1. The van der Waals surface area contributed by atoms with Crippen LogP contribution in [0.25, 0.3) is 16.9 Å². The number of halogens is 1. The first-order valence-electron chi connectivity index (χ1n) is 10.2. The Bertz CT molecular complexity index is 1190. The van der Waals surface area contributed by atoms with Crippen LogP contribution in [-0.2, 0) is 6.42 Å². The zero-order valence-corrected chi connectivity index (χ0v) is 18.7. The van der Waals surface area contributed by atoms with Crippen LogP contribution in [0.2, 0.25) is 0 Å². The molecule has 1 amide bonds. The Kier molecular flexibility index (Phi) is 6.70. The zero-order chi connectivity index (χ0) is 22.5. The van der Waals surface area contributed by atoms with E-state index < -0.39 is 0 Å². The van der Waals surface area contributed by atoms with Crippen molar-refractivity contribution >= 4 is 17.7 Å². The molecule has 2 aromatic heterocycles. The van der Waals surface area contributed by atoms with Gasteiger partial charge in [0.25, 0.3) is 5.91 Å². The summed E-state index contributed by atoms with van der Waals surface area (Å²) in [5.74, 6) is 0.308. The smallest absolute Gasteiger partial charge is 0.272 e. The van der Waals surface area contributed by atoms with Gasteiger partial charge in [0, 0.05) is 37.3 Å². The van der Waals surface area contributed by atoms with Crippen LogP contribution in [0.15, 0.2) is 76.5 Å². The lowest BCUT2D eigenvalue weighted by Crippen LogP contribution is -2.29. The third-order valence-corrected chi connectivity index (χ3v) is 5.76. The number of hydrogen-bond acceptors (Lipinski definition) is 5. The molecule has 0 saturated heterocycles. The van der Waals surface area contributed by atoms with Gasteiger partial charge in [-0.05, 0) is 36.9 Å². The molecule has 2 aromatic carbocycles. The quantitative estimate of drug-likeness (QED) is 0.350. The number of rotatable bonds is 8. The van der Waals surface area contributed by atoms with Gasteiger partial charge in [-0.15, -0.1) is 0 Å². The molecule has 32 heavy (non-hydrogen) atoms. The fraction of sp³-hybridized carbons (Fsp3) is 0.208. The van der Waals surface area contributed by atoms with Crippen molar-refractivity contribution in [3.05, 3.63) is 84.1 Å². The largest absolute Gasteiger partial charge is 0.361 e. The molecule has 4 rings (SSSR count). The summed E-state index contributed by atoms with van der Waals surface area (Å²) in [6.45, 7) is 0.545. The van der Waals surface area contributed by atoms with Gasteiger partial charge in [0.2, 0.25) is 0 Å². The second-order valence-electron chi connectivity index (χ2n) is 7.32. The molecule has 2 heterocycles. The average molecular weight is 451 g/mol. The number of thioether (sulfide) groups is 1. The number of amides is 1. The van der Waals surface area contributed by atoms with E-state index in [0.29, 0.717) is 29.5 Å². The van der Waals surface area contributed by atoms with E-state index in [0.717, 1.165) is 23.4 Å². The van der Waals surface area contributed by atoms with E-state index in [4.69, 9.17) is 4.52 Å². The van der Waals surface area contributed by atoms with Gasteiger partial charge < -0.3 is 9.42 Å². The Labute approximate surface area is 190 Å². The number of carbonyl (C=O) groups is 1. The van der Waals surface area contributed by atoms with Crippen molar-refractivity contribution < 1.29 is 13.7 Å². The van der Waals surface area contributed by atoms with Crippen LogP contribution >= 0.6 is 11.8 Å². The van der Waals surface area contributed by atoms with Crippen molar-refractivity contribution in [3.63, 3.8) is 0 Å². The van der Waals surface area contributed by atoms with Crippen LogP contribution in [0.4, 0.5) is 4.39 Å². The Morgan fingerprint density at radius 2 is 1.91 bits per heavy atom. The molecule has 8 heteroatoms. The number of carbonyl (C=O) groups excluding carboxylic acids is 1. The molecule has 0 aliphatic carbocycles. The topological polar surface area (TPSA) is 64.2 Å².